The maximum atomic E-state index is 9.53. The van der Waals surface area contributed by atoms with Crippen molar-refractivity contribution in [2.75, 3.05) is 0 Å². The standard InChI is InChI=1S/C23H24O2/c1-16-12-21(25-15-19-8-5-4-6-9-19)13-17(2)23(16)22-11-7-10-20(14-24)18(22)3/h4-13,24H,14-15H2,1-3H3/i14+0. The van der Waals surface area contributed by atoms with E-state index in [-0.39, 0.29) is 6.61 Å². The molecule has 128 valence electrons. The molecule has 0 aliphatic rings. The number of aliphatic hydroxyl groups excluding tert-OH is 1. The van der Waals surface area contributed by atoms with Crippen molar-refractivity contribution in [2.24, 2.45) is 0 Å². The summed E-state index contributed by atoms with van der Waals surface area (Å²) in [6.45, 7) is 6.93. The van der Waals surface area contributed by atoms with Gasteiger partial charge in [-0.05, 0) is 71.8 Å². The number of hydrogen-bond acceptors (Lipinski definition) is 2. The van der Waals surface area contributed by atoms with Crippen LogP contribution in [0.3, 0.4) is 0 Å². The molecular formula is C23H24O2. The third-order valence-electron chi connectivity index (χ3n) is 4.64. The lowest BCUT2D eigenvalue weighted by atomic mass is 9.90. The van der Waals surface area contributed by atoms with E-state index in [1.807, 2.05) is 30.3 Å². The molecule has 1 N–H and O–H groups in total. The highest BCUT2D eigenvalue weighted by atomic mass is 16.5. The Labute approximate surface area is 149 Å². The molecule has 2 nitrogen and oxygen atoms in total. The first-order valence-electron chi connectivity index (χ1n) is 8.58. The number of ether oxygens (including phenoxy) is 1. The molecule has 0 bridgehead atoms. The molecule has 0 unspecified atom stereocenters. The van der Waals surface area contributed by atoms with Crippen LogP contribution in [0.2, 0.25) is 0 Å². The van der Waals surface area contributed by atoms with Gasteiger partial charge in [-0.3, -0.25) is 0 Å². The van der Waals surface area contributed by atoms with Gasteiger partial charge in [-0.25, -0.2) is 0 Å². The first kappa shape index (κ1) is 17.2. The first-order chi connectivity index (χ1) is 12.1. The van der Waals surface area contributed by atoms with Gasteiger partial charge in [0.15, 0.2) is 0 Å². The fraction of sp³-hybridized carbons (Fsp3) is 0.217. The molecule has 0 aromatic heterocycles. The summed E-state index contributed by atoms with van der Waals surface area (Å²) in [4.78, 5) is 0. The van der Waals surface area contributed by atoms with Gasteiger partial charge in [0, 0.05) is 0 Å². The SMILES string of the molecule is Cc1cc(OCc2ccccc2)cc(C)c1-c1cccc([12CH2]O)c1C. The minimum Gasteiger partial charge on any atom is -0.489 e. The average molecular weight is 332 g/mol. The average Bonchev–Trinajstić information content (AvgIpc) is 2.62. The molecule has 3 aromatic carbocycles. The molecule has 0 radical (unpaired) electrons. The summed E-state index contributed by atoms with van der Waals surface area (Å²) in [6, 6.07) is 20.5. The molecule has 2 heteroatoms. The number of rotatable bonds is 5. The van der Waals surface area contributed by atoms with Crippen molar-refractivity contribution in [1.29, 1.82) is 0 Å². The van der Waals surface area contributed by atoms with Crippen LogP contribution in [-0.2, 0) is 13.2 Å². The van der Waals surface area contributed by atoms with Gasteiger partial charge in [0.25, 0.3) is 0 Å². The summed E-state index contributed by atoms with van der Waals surface area (Å²) >= 11 is 0. The molecular weight excluding hydrogens is 308 g/mol. The minimum absolute atomic E-state index is 0.0655. The fourth-order valence-corrected chi connectivity index (χ4v) is 3.30. The van der Waals surface area contributed by atoms with Gasteiger partial charge in [-0.1, -0.05) is 48.5 Å². The zero-order chi connectivity index (χ0) is 17.8. The lowest BCUT2D eigenvalue weighted by Crippen LogP contribution is -1.99. The summed E-state index contributed by atoms with van der Waals surface area (Å²) < 4.78 is 5.98. The Morgan fingerprint density at radius 3 is 2.16 bits per heavy atom. The van der Waals surface area contributed by atoms with Crippen LogP contribution in [0.1, 0.15) is 27.8 Å². The summed E-state index contributed by atoms with van der Waals surface area (Å²) in [5.74, 6) is 0.888. The van der Waals surface area contributed by atoms with Crippen molar-refractivity contribution in [3.8, 4) is 16.9 Å². The van der Waals surface area contributed by atoms with Gasteiger partial charge in [-0.2, -0.15) is 0 Å². The molecule has 0 amide bonds. The molecule has 3 rings (SSSR count). The van der Waals surface area contributed by atoms with Crippen molar-refractivity contribution in [3.63, 3.8) is 0 Å². The first-order valence-corrected chi connectivity index (χ1v) is 8.58. The van der Waals surface area contributed by atoms with E-state index in [1.165, 1.54) is 22.3 Å². The molecule has 0 saturated carbocycles. The maximum absolute atomic E-state index is 9.53. The van der Waals surface area contributed by atoms with Gasteiger partial charge in [0.1, 0.15) is 12.4 Å². The Morgan fingerprint density at radius 2 is 1.52 bits per heavy atom. The second kappa shape index (κ2) is 7.54. The monoisotopic (exact) mass is 332 g/mol. The van der Waals surface area contributed by atoms with Gasteiger partial charge in [0.2, 0.25) is 0 Å². The lowest BCUT2D eigenvalue weighted by Gasteiger charge is -2.17. The Bertz CT molecular complexity index is 844. The third-order valence-corrected chi connectivity index (χ3v) is 4.64. The van der Waals surface area contributed by atoms with Crippen molar-refractivity contribution >= 4 is 0 Å². The molecule has 0 saturated heterocycles. The Hall–Kier alpha value is -2.58. The Balaban J connectivity index is 1.91. The quantitative estimate of drug-likeness (QED) is 0.682. The predicted molar refractivity (Wildman–Crippen MR) is 103 cm³/mol. The van der Waals surface area contributed by atoms with Gasteiger partial charge < -0.3 is 9.84 Å². The maximum Gasteiger partial charge on any atom is 0.120 e. The number of aryl methyl sites for hydroxylation is 2. The van der Waals surface area contributed by atoms with Crippen molar-refractivity contribution in [1.82, 2.24) is 0 Å². The van der Waals surface area contributed by atoms with E-state index in [9.17, 15) is 5.11 Å². The predicted octanol–water partition coefficient (Wildman–Crippen LogP) is 5.35. The molecule has 25 heavy (non-hydrogen) atoms. The largest absolute Gasteiger partial charge is 0.489 e. The summed E-state index contributed by atoms with van der Waals surface area (Å²) in [5, 5.41) is 9.53. The van der Waals surface area contributed by atoms with E-state index in [2.05, 4.69) is 51.1 Å². The van der Waals surface area contributed by atoms with Crippen molar-refractivity contribution in [2.45, 2.75) is 34.0 Å². The number of aliphatic hydroxyl groups is 1. The van der Waals surface area contributed by atoms with E-state index >= 15 is 0 Å². The van der Waals surface area contributed by atoms with Crippen LogP contribution in [0, 0.1) is 20.8 Å². The Morgan fingerprint density at radius 1 is 0.840 bits per heavy atom. The van der Waals surface area contributed by atoms with E-state index in [0.717, 1.165) is 22.4 Å². The van der Waals surface area contributed by atoms with E-state index in [1.54, 1.807) is 0 Å². The van der Waals surface area contributed by atoms with E-state index in [0.29, 0.717) is 6.61 Å². The molecule has 0 atom stereocenters. The lowest BCUT2D eigenvalue weighted by molar-refractivity contribution is 0.281. The molecule has 3 aromatic rings. The van der Waals surface area contributed by atoms with Crippen LogP contribution < -0.4 is 4.74 Å². The smallest absolute Gasteiger partial charge is 0.120 e. The van der Waals surface area contributed by atoms with E-state index < -0.39 is 0 Å². The minimum atomic E-state index is 0.0655. The molecule has 0 fully saturated rings. The van der Waals surface area contributed by atoms with Crippen LogP contribution in [0.5, 0.6) is 5.75 Å². The highest BCUT2D eigenvalue weighted by Crippen LogP contribution is 2.34. The fourth-order valence-electron chi connectivity index (χ4n) is 3.30. The van der Waals surface area contributed by atoms with Gasteiger partial charge in [0.05, 0.1) is 6.61 Å². The zero-order valence-electron chi connectivity index (χ0n) is 15.0. The summed E-state index contributed by atoms with van der Waals surface area (Å²) in [6.07, 6.45) is 0. The summed E-state index contributed by atoms with van der Waals surface area (Å²) in [7, 11) is 0. The van der Waals surface area contributed by atoms with E-state index in [4.69, 9.17) is 4.74 Å². The van der Waals surface area contributed by atoms with Crippen LogP contribution >= 0.6 is 0 Å². The molecule has 0 heterocycles. The topological polar surface area (TPSA) is 29.5 Å². The molecule has 0 aliphatic carbocycles. The van der Waals surface area contributed by atoms with Crippen molar-refractivity contribution < 1.29 is 9.84 Å². The third kappa shape index (κ3) is 3.75. The normalized spacial score (nSPS) is 10.7. The van der Waals surface area contributed by atoms with Gasteiger partial charge in [-0.15, -0.1) is 0 Å². The van der Waals surface area contributed by atoms with Crippen LogP contribution in [0.15, 0.2) is 60.7 Å². The second-order valence-corrected chi connectivity index (χ2v) is 6.45. The highest BCUT2D eigenvalue weighted by Gasteiger charge is 2.12. The van der Waals surface area contributed by atoms with Gasteiger partial charge >= 0.3 is 0 Å². The van der Waals surface area contributed by atoms with Crippen LogP contribution in [0.4, 0.5) is 0 Å². The zero-order valence-corrected chi connectivity index (χ0v) is 15.0. The highest BCUT2D eigenvalue weighted by molar-refractivity contribution is 5.75. The van der Waals surface area contributed by atoms with Crippen LogP contribution in [0.25, 0.3) is 11.1 Å². The molecule has 0 aliphatic heterocycles. The number of benzene rings is 3. The van der Waals surface area contributed by atoms with Crippen molar-refractivity contribution in [3.05, 3.63) is 88.5 Å². The summed E-state index contributed by atoms with van der Waals surface area (Å²) in [5.41, 5.74) is 8.03. The second-order valence-electron chi connectivity index (χ2n) is 6.45. The Kier molecular flexibility index (Phi) is 5.20. The van der Waals surface area contributed by atoms with Crippen LogP contribution in [-0.4, -0.2) is 5.11 Å². The number of hydrogen-bond donors (Lipinski definition) is 1. The molecule has 0 spiro atoms.